The summed E-state index contributed by atoms with van der Waals surface area (Å²) in [5.41, 5.74) is 1.03. The molecule has 3 aromatic rings. The molecule has 0 atom stereocenters. The van der Waals surface area contributed by atoms with Crippen molar-refractivity contribution in [3.63, 3.8) is 0 Å². The van der Waals surface area contributed by atoms with Crippen LogP contribution in [-0.4, -0.2) is 51.2 Å². The second-order valence-corrected chi connectivity index (χ2v) is 6.74. The third-order valence-corrected chi connectivity index (χ3v) is 4.99. The van der Waals surface area contributed by atoms with Gasteiger partial charge in [-0.25, -0.2) is 0 Å². The number of hydrogen-bond donors (Lipinski definition) is 0. The van der Waals surface area contributed by atoms with E-state index in [1.54, 1.807) is 0 Å². The van der Waals surface area contributed by atoms with Gasteiger partial charge in [0.1, 0.15) is 0 Å². The van der Waals surface area contributed by atoms with Crippen LogP contribution in [0.15, 0.2) is 40.0 Å². The van der Waals surface area contributed by atoms with E-state index >= 15 is 0 Å². The number of anilines is 1. The van der Waals surface area contributed by atoms with Crippen LogP contribution in [0.3, 0.4) is 0 Å². The zero-order valence-corrected chi connectivity index (χ0v) is 15.4. The van der Waals surface area contributed by atoms with Crippen molar-refractivity contribution in [2.45, 2.75) is 24.3 Å². The van der Waals surface area contributed by atoms with E-state index < -0.39 is 0 Å². The summed E-state index contributed by atoms with van der Waals surface area (Å²) in [6.45, 7) is 5.01. The summed E-state index contributed by atoms with van der Waals surface area (Å²) in [6.07, 6.45) is 0.759. The molecule has 26 heavy (non-hydrogen) atoms. The van der Waals surface area contributed by atoms with Crippen LogP contribution in [0.4, 0.5) is 5.95 Å². The van der Waals surface area contributed by atoms with Gasteiger partial charge in [0.2, 0.25) is 11.8 Å². The second kappa shape index (κ2) is 7.88. The average molecular weight is 372 g/mol. The lowest BCUT2D eigenvalue weighted by atomic mass is 10.3. The van der Waals surface area contributed by atoms with Crippen molar-refractivity contribution in [3.8, 4) is 5.69 Å². The summed E-state index contributed by atoms with van der Waals surface area (Å²) in [5.74, 6) is 2.71. The number of morpholine rings is 1. The molecule has 1 aliphatic heterocycles. The Morgan fingerprint density at radius 2 is 1.92 bits per heavy atom. The third kappa shape index (κ3) is 3.58. The van der Waals surface area contributed by atoms with E-state index in [1.165, 1.54) is 11.8 Å². The molecule has 0 bridgehead atoms. The summed E-state index contributed by atoms with van der Waals surface area (Å²) < 4.78 is 12.8. The van der Waals surface area contributed by atoms with Crippen molar-refractivity contribution in [3.05, 3.63) is 42.0 Å². The van der Waals surface area contributed by atoms with Crippen LogP contribution in [-0.2, 0) is 16.9 Å². The zero-order chi connectivity index (χ0) is 17.8. The fraction of sp³-hybridized carbons (Fsp3) is 0.412. The van der Waals surface area contributed by atoms with Gasteiger partial charge in [0.25, 0.3) is 0 Å². The minimum absolute atomic E-state index is 0.557. The maximum atomic E-state index is 5.46. The molecule has 136 valence electrons. The predicted molar refractivity (Wildman–Crippen MR) is 97.6 cm³/mol. The highest BCUT2D eigenvalue weighted by molar-refractivity contribution is 7.98. The first-order chi connectivity index (χ1) is 12.8. The van der Waals surface area contributed by atoms with Gasteiger partial charge in [-0.2, -0.15) is 4.98 Å². The maximum Gasteiger partial charge on any atom is 0.237 e. The molecule has 0 radical (unpaired) electrons. The van der Waals surface area contributed by atoms with Gasteiger partial charge in [-0.3, -0.25) is 4.57 Å². The van der Waals surface area contributed by atoms with Gasteiger partial charge in [0.15, 0.2) is 11.0 Å². The van der Waals surface area contributed by atoms with Gasteiger partial charge < -0.3 is 14.2 Å². The average Bonchev–Trinajstić information content (AvgIpc) is 3.34. The largest absolute Gasteiger partial charge is 0.378 e. The van der Waals surface area contributed by atoms with E-state index in [0.717, 1.165) is 42.1 Å². The zero-order valence-electron chi connectivity index (χ0n) is 14.5. The number of rotatable bonds is 6. The van der Waals surface area contributed by atoms with E-state index in [1.807, 2.05) is 25.1 Å². The first-order valence-corrected chi connectivity index (χ1v) is 9.61. The van der Waals surface area contributed by atoms with Gasteiger partial charge in [-0.15, -0.1) is 10.2 Å². The monoisotopic (exact) mass is 372 g/mol. The molecule has 0 aliphatic carbocycles. The summed E-state index contributed by atoms with van der Waals surface area (Å²) in [4.78, 5) is 6.56. The molecule has 9 heteroatoms. The van der Waals surface area contributed by atoms with Crippen molar-refractivity contribution in [1.82, 2.24) is 24.9 Å². The van der Waals surface area contributed by atoms with Crippen molar-refractivity contribution in [2.75, 3.05) is 31.2 Å². The van der Waals surface area contributed by atoms with Crippen LogP contribution >= 0.6 is 11.8 Å². The van der Waals surface area contributed by atoms with E-state index in [9.17, 15) is 0 Å². The lowest BCUT2D eigenvalue weighted by Gasteiger charge is -2.27. The van der Waals surface area contributed by atoms with E-state index in [0.29, 0.717) is 24.9 Å². The molecule has 3 heterocycles. The molecule has 2 aromatic heterocycles. The van der Waals surface area contributed by atoms with Gasteiger partial charge in [-0.05, 0) is 12.1 Å². The fourth-order valence-corrected chi connectivity index (χ4v) is 3.53. The first-order valence-electron chi connectivity index (χ1n) is 8.63. The summed E-state index contributed by atoms with van der Waals surface area (Å²) in [7, 11) is 0. The summed E-state index contributed by atoms with van der Waals surface area (Å²) >= 11 is 1.54. The molecule has 1 aromatic carbocycles. The van der Waals surface area contributed by atoms with E-state index in [-0.39, 0.29) is 0 Å². The van der Waals surface area contributed by atoms with Gasteiger partial charge in [0, 0.05) is 19.5 Å². The number of aryl methyl sites for hydroxylation is 1. The van der Waals surface area contributed by atoms with Crippen molar-refractivity contribution in [2.24, 2.45) is 0 Å². The number of nitrogens with zero attached hydrogens (tertiary/aromatic N) is 6. The smallest absolute Gasteiger partial charge is 0.237 e. The quantitative estimate of drug-likeness (QED) is 0.610. The van der Waals surface area contributed by atoms with Crippen LogP contribution in [0, 0.1) is 0 Å². The molecule has 0 spiro atoms. The van der Waals surface area contributed by atoms with Gasteiger partial charge in [-0.1, -0.05) is 42.0 Å². The molecule has 0 N–H and O–H groups in total. The number of para-hydroxylation sites is 1. The van der Waals surface area contributed by atoms with E-state index in [2.05, 4.69) is 41.9 Å². The molecular weight excluding hydrogens is 352 g/mol. The Balaban J connectivity index is 1.62. The minimum Gasteiger partial charge on any atom is -0.378 e. The Bertz CT molecular complexity index is 844. The Hall–Kier alpha value is -2.39. The number of hydrogen-bond acceptors (Lipinski definition) is 8. The highest BCUT2D eigenvalue weighted by atomic mass is 32.2. The van der Waals surface area contributed by atoms with E-state index in [4.69, 9.17) is 9.26 Å². The minimum atomic E-state index is 0.557. The molecule has 1 fully saturated rings. The predicted octanol–water partition coefficient (Wildman–Crippen LogP) is 2.34. The second-order valence-electron chi connectivity index (χ2n) is 5.80. The molecule has 1 aliphatic rings. The first kappa shape index (κ1) is 17.0. The normalized spacial score (nSPS) is 14.7. The molecule has 0 unspecified atom stereocenters. The van der Waals surface area contributed by atoms with Crippen LogP contribution in [0.5, 0.6) is 0 Å². The standard InChI is InChI=1S/C17H20N6O2S/c1-2-14-18-15(25-21-14)12-26-17-20-19-16(22-8-10-24-11-9-22)23(17)13-6-4-3-5-7-13/h3-7H,2,8-12H2,1H3. The molecular formula is C17H20N6O2S. The molecule has 0 amide bonds. The topological polar surface area (TPSA) is 82.1 Å². The highest BCUT2D eigenvalue weighted by Crippen LogP contribution is 2.28. The lowest BCUT2D eigenvalue weighted by Crippen LogP contribution is -2.37. The van der Waals surface area contributed by atoms with Crippen molar-refractivity contribution < 1.29 is 9.26 Å². The molecule has 0 saturated carbocycles. The van der Waals surface area contributed by atoms with Crippen LogP contribution < -0.4 is 4.90 Å². The molecule has 8 nitrogen and oxygen atoms in total. The Morgan fingerprint density at radius 3 is 2.65 bits per heavy atom. The Kier molecular flexibility index (Phi) is 5.16. The Morgan fingerprint density at radius 1 is 1.12 bits per heavy atom. The maximum absolute atomic E-state index is 5.46. The summed E-state index contributed by atoms with van der Waals surface area (Å²) in [5, 5.41) is 13.6. The number of benzene rings is 1. The van der Waals surface area contributed by atoms with Crippen LogP contribution in [0.2, 0.25) is 0 Å². The SMILES string of the molecule is CCc1noc(CSc2nnc(N3CCOCC3)n2-c2ccccc2)n1. The van der Waals surface area contributed by atoms with Crippen molar-refractivity contribution in [1.29, 1.82) is 0 Å². The lowest BCUT2D eigenvalue weighted by molar-refractivity contribution is 0.122. The van der Waals surface area contributed by atoms with Crippen LogP contribution in [0.25, 0.3) is 5.69 Å². The number of ether oxygens (including phenoxy) is 1. The number of thioether (sulfide) groups is 1. The van der Waals surface area contributed by atoms with Crippen molar-refractivity contribution >= 4 is 17.7 Å². The van der Waals surface area contributed by atoms with Crippen LogP contribution in [0.1, 0.15) is 18.6 Å². The summed E-state index contributed by atoms with van der Waals surface area (Å²) in [6, 6.07) is 10.1. The van der Waals surface area contributed by atoms with Gasteiger partial charge in [0.05, 0.1) is 24.7 Å². The number of aromatic nitrogens is 5. The fourth-order valence-electron chi connectivity index (χ4n) is 2.75. The molecule has 1 saturated heterocycles. The Labute approximate surface area is 155 Å². The highest BCUT2D eigenvalue weighted by Gasteiger charge is 2.22. The third-order valence-electron chi connectivity index (χ3n) is 4.08. The van der Waals surface area contributed by atoms with Gasteiger partial charge >= 0.3 is 0 Å². The molecule has 4 rings (SSSR count).